The average molecular weight is 249 g/mol. The Morgan fingerprint density at radius 1 is 1.39 bits per heavy atom. The fourth-order valence-electron chi connectivity index (χ4n) is 1.31. The van der Waals surface area contributed by atoms with Crippen molar-refractivity contribution >= 4 is 5.95 Å². The second-order valence-electron chi connectivity index (χ2n) is 3.70. The molecule has 2 heterocycles. The summed E-state index contributed by atoms with van der Waals surface area (Å²) in [5.41, 5.74) is 0.840. The van der Waals surface area contributed by atoms with Crippen LogP contribution in [0.3, 0.4) is 0 Å². The topological polar surface area (TPSA) is 102 Å². The normalized spacial score (nSPS) is 10.3. The third kappa shape index (κ3) is 3.37. The minimum absolute atomic E-state index is 0.410. The van der Waals surface area contributed by atoms with Crippen molar-refractivity contribution in [2.24, 2.45) is 0 Å². The molecule has 0 aliphatic carbocycles. The van der Waals surface area contributed by atoms with Gasteiger partial charge < -0.3 is 10.1 Å². The Hall–Kier alpha value is -2.25. The van der Waals surface area contributed by atoms with Crippen LogP contribution in [0.5, 0.6) is 5.88 Å². The monoisotopic (exact) mass is 249 g/mol. The number of hydrogen-bond acceptors (Lipinski definition) is 7. The summed E-state index contributed by atoms with van der Waals surface area (Å²) in [4.78, 5) is 8.49. The molecule has 0 saturated carbocycles. The summed E-state index contributed by atoms with van der Waals surface area (Å²) < 4.78 is 5.47. The highest BCUT2D eigenvalue weighted by Gasteiger charge is 2.04. The molecule has 0 unspecified atom stereocenters. The quantitative estimate of drug-likeness (QED) is 0.776. The molecule has 0 spiro atoms. The van der Waals surface area contributed by atoms with Crippen molar-refractivity contribution in [2.45, 2.75) is 26.8 Å². The van der Waals surface area contributed by atoms with E-state index < -0.39 is 0 Å². The molecule has 8 heteroatoms. The molecule has 96 valence electrons. The molecule has 0 amide bonds. The maximum atomic E-state index is 5.47. The number of anilines is 1. The van der Waals surface area contributed by atoms with Crippen LogP contribution in [0.4, 0.5) is 5.95 Å². The van der Waals surface area contributed by atoms with Gasteiger partial charge in [-0.2, -0.15) is 10.2 Å². The number of aromatic nitrogens is 6. The number of ether oxygens (including phenoxy) is 1. The number of tetrazole rings is 1. The molecule has 0 saturated heterocycles. The molecule has 2 N–H and O–H groups in total. The Labute approximate surface area is 104 Å². The minimum Gasteiger partial charge on any atom is -0.478 e. The summed E-state index contributed by atoms with van der Waals surface area (Å²) in [5.74, 6) is 1.61. The van der Waals surface area contributed by atoms with Crippen LogP contribution in [0.15, 0.2) is 6.07 Å². The molecule has 0 bridgehead atoms. The largest absolute Gasteiger partial charge is 0.478 e. The first kappa shape index (κ1) is 12.2. The standard InChI is InChI=1S/C10H15N7O/c1-3-4-18-9-5-7(2)12-10(13-9)11-6-8-14-16-17-15-8/h5H,3-4,6H2,1-2H3,(H,11,12,13)(H,14,15,16,17). The summed E-state index contributed by atoms with van der Waals surface area (Å²) in [6.45, 7) is 4.98. The molecule has 0 aliphatic rings. The van der Waals surface area contributed by atoms with E-state index >= 15 is 0 Å². The zero-order valence-electron chi connectivity index (χ0n) is 10.3. The van der Waals surface area contributed by atoms with Crippen molar-refractivity contribution in [3.8, 4) is 5.88 Å². The van der Waals surface area contributed by atoms with E-state index in [2.05, 4.69) is 35.9 Å². The zero-order valence-corrected chi connectivity index (χ0v) is 10.3. The van der Waals surface area contributed by atoms with E-state index in [0.29, 0.717) is 30.8 Å². The Balaban J connectivity index is 2.00. The lowest BCUT2D eigenvalue weighted by atomic mass is 10.4. The smallest absolute Gasteiger partial charge is 0.226 e. The van der Waals surface area contributed by atoms with Crippen LogP contribution in [0.1, 0.15) is 24.9 Å². The van der Waals surface area contributed by atoms with Crippen molar-refractivity contribution in [1.29, 1.82) is 0 Å². The second kappa shape index (κ2) is 5.89. The molecule has 0 aromatic carbocycles. The van der Waals surface area contributed by atoms with Gasteiger partial charge in [0.1, 0.15) is 0 Å². The maximum Gasteiger partial charge on any atom is 0.226 e. The summed E-state index contributed by atoms with van der Waals surface area (Å²) in [6.07, 6.45) is 0.939. The summed E-state index contributed by atoms with van der Waals surface area (Å²) in [6, 6.07) is 1.80. The van der Waals surface area contributed by atoms with Gasteiger partial charge in [-0.3, -0.25) is 0 Å². The maximum absolute atomic E-state index is 5.47. The minimum atomic E-state index is 0.410. The molecule has 0 atom stereocenters. The van der Waals surface area contributed by atoms with Gasteiger partial charge in [0, 0.05) is 11.8 Å². The molecule has 0 fully saturated rings. The van der Waals surface area contributed by atoms with Gasteiger partial charge in [-0.25, -0.2) is 4.98 Å². The van der Waals surface area contributed by atoms with Crippen molar-refractivity contribution in [2.75, 3.05) is 11.9 Å². The van der Waals surface area contributed by atoms with Gasteiger partial charge in [-0.15, -0.1) is 10.2 Å². The first-order valence-corrected chi connectivity index (χ1v) is 5.72. The van der Waals surface area contributed by atoms with Crippen LogP contribution < -0.4 is 10.1 Å². The van der Waals surface area contributed by atoms with Gasteiger partial charge in [0.15, 0.2) is 5.82 Å². The number of aromatic amines is 1. The second-order valence-corrected chi connectivity index (χ2v) is 3.70. The molecule has 2 aromatic heterocycles. The van der Waals surface area contributed by atoms with E-state index in [1.807, 2.05) is 13.8 Å². The molecule has 8 nitrogen and oxygen atoms in total. The lowest BCUT2D eigenvalue weighted by molar-refractivity contribution is 0.305. The van der Waals surface area contributed by atoms with Crippen LogP contribution in [0.25, 0.3) is 0 Å². The van der Waals surface area contributed by atoms with E-state index in [-0.39, 0.29) is 0 Å². The summed E-state index contributed by atoms with van der Waals surface area (Å²) >= 11 is 0. The van der Waals surface area contributed by atoms with Gasteiger partial charge in [0.25, 0.3) is 0 Å². The van der Waals surface area contributed by atoms with Crippen LogP contribution in [0, 0.1) is 6.92 Å². The lowest BCUT2D eigenvalue weighted by Gasteiger charge is -2.07. The van der Waals surface area contributed by atoms with Crippen LogP contribution in [-0.4, -0.2) is 37.2 Å². The Morgan fingerprint density at radius 2 is 2.28 bits per heavy atom. The SMILES string of the molecule is CCCOc1cc(C)nc(NCc2nn[nH]n2)n1. The van der Waals surface area contributed by atoms with Gasteiger partial charge in [0.2, 0.25) is 11.8 Å². The van der Waals surface area contributed by atoms with Crippen molar-refractivity contribution < 1.29 is 4.74 Å². The van der Waals surface area contributed by atoms with Gasteiger partial charge in [-0.1, -0.05) is 12.1 Å². The van der Waals surface area contributed by atoms with Crippen LogP contribution in [0.2, 0.25) is 0 Å². The number of rotatable bonds is 6. The van der Waals surface area contributed by atoms with E-state index in [9.17, 15) is 0 Å². The van der Waals surface area contributed by atoms with E-state index in [0.717, 1.165) is 12.1 Å². The highest BCUT2D eigenvalue weighted by molar-refractivity contribution is 5.30. The number of hydrogen-bond donors (Lipinski definition) is 2. The number of nitrogens with zero attached hydrogens (tertiary/aromatic N) is 5. The third-order valence-corrected chi connectivity index (χ3v) is 2.08. The molecule has 18 heavy (non-hydrogen) atoms. The average Bonchev–Trinajstić information content (AvgIpc) is 2.86. The molecule has 2 rings (SSSR count). The first-order valence-electron chi connectivity index (χ1n) is 5.72. The molecule has 0 radical (unpaired) electrons. The third-order valence-electron chi connectivity index (χ3n) is 2.08. The van der Waals surface area contributed by atoms with Crippen LogP contribution >= 0.6 is 0 Å². The number of nitrogens with one attached hydrogen (secondary N) is 2. The lowest BCUT2D eigenvalue weighted by Crippen LogP contribution is -2.07. The predicted octanol–water partition coefficient (Wildman–Crippen LogP) is 0.699. The van der Waals surface area contributed by atoms with E-state index in [4.69, 9.17) is 4.74 Å². The summed E-state index contributed by atoms with van der Waals surface area (Å²) in [5, 5.41) is 16.5. The number of H-pyrrole nitrogens is 1. The number of aryl methyl sites for hydroxylation is 1. The Morgan fingerprint density at radius 3 is 3.00 bits per heavy atom. The van der Waals surface area contributed by atoms with Gasteiger partial charge in [0.05, 0.1) is 13.2 Å². The first-order chi connectivity index (χ1) is 8.78. The van der Waals surface area contributed by atoms with Crippen molar-refractivity contribution in [3.05, 3.63) is 17.6 Å². The zero-order chi connectivity index (χ0) is 12.8. The van der Waals surface area contributed by atoms with E-state index in [1.54, 1.807) is 6.07 Å². The highest BCUT2D eigenvalue weighted by Crippen LogP contribution is 2.12. The van der Waals surface area contributed by atoms with Gasteiger partial charge >= 0.3 is 0 Å². The Kier molecular flexibility index (Phi) is 4.00. The fraction of sp³-hybridized carbons (Fsp3) is 0.500. The fourth-order valence-corrected chi connectivity index (χ4v) is 1.31. The molecular formula is C10H15N7O. The molecular weight excluding hydrogens is 234 g/mol. The van der Waals surface area contributed by atoms with Crippen molar-refractivity contribution in [3.63, 3.8) is 0 Å². The predicted molar refractivity (Wildman–Crippen MR) is 64.1 cm³/mol. The summed E-state index contributed by atoms with van der Waals surface area (Å²) in [7, 11) is 0. The van der Waals surface area contributed by atoms with Gasteiger partial charge in [-0.05, 0) is 13.3 Å². The molecule has 2 aromatic rings. The Bertz CT molecular complexity index is 485. The highest BCUT2D eigenvalue weighted by atomic mass is 16.5. The van der Waals surface area contributed by atoms with E-state index in [1.165, 1.54) is 0 Å². The van der Waals surface area contributed by atoms with Crippen LogP contribution in [-0.2, 0) is 6.54 Å². The molecule has 0 aliphatic heterocycles. The van der Waals surface area contributed by atoms with Crippen molar-refractivity contribution in [1.82, 2.24) is 30.6 Å².